The van der Waals surface area contributed by atoms with Gasteiger partial charge in [0.25, 0.3) is 5.91 Å². The van der Waals surface area contributed by atoms with E-state index in [0.717, 1.165) is 12.8 Å². The summed E-state index contributed by atoms with van der Waals surface area (Å²) in [7, 11) is -2.18. The maximum Gasteiger partial charge on any atom is 0.319 e. The van der Waals surface area contributed by atoms with Crippen LogP contribution in [0.25, 0.3) is 0 Å². The fraction of sp³-hybridized carbons (Fsp3) is 0.417. The van der Waals surface area contributed by atoms with Crippen molar-refractivity contribution in [3.63, 3.8) is 0 Å². The molecule has 1 saturated heterocycles. The van der Waals surface area contributed by atoms with E-state index < -0.39 is 21.9 Å². The second kappa shape index (κ2) is 11.0. The van der Waals surface area contributed by atoms with Gasteiger partial charge in [-0.3, -0.25) is 4.79 Å². The van der Waals surface area contributed by atoms with E-state index in [1.807, 2.05) is 0 Å². The molecule has 0 radical (unpaired) electrons. The number of halogens is 1. The van der Waals surface area contributed by atoms with Gasteiger partial charge in [0.15, 0.2) is 0 Å². The molecule has 10 heteroatoms. The summed E-state index contributed by atoms with van der Waals surface area (Å²) in [4.78, 5) is 27.0. The van der Waals surface area contributed by atoms with Gasteiger partial charge in [-0.1, -0.05) is 12.1 Å². The smallest absolute Gasteiger partial charge is 0.319 e. The first kappa shape index (κ1) is 25.6. The Kier molecular flexibility index (Phi) is 8.27. The number of hydrogen-bond donors (Lipinski definition) is 2. The fourth-order valence-corrected chi connectivity index (χ4v) is 5.22. The monoisotopic (exact) mass is 490 g/mol. The predicted octanol–water partition coefficient (Wildman–Crippen LogP) is 3.53. The fourth-order valence-electron chi connectivity index (χ4n) is 3.81. The van der Waals surface area contributed by atoms with Crippen molar-refractivity contribution in [2.75, 3.05) is 32.0 Å². The topological polar surface area (TPSA) is 98.8 Å². The van der Waals surface area contributed by atoms with Gasteiger partial charge in [0.2, 0.25) is 10.0 Å². The van der Waals surface area contributed by atoms with Gasteiger partial charge in [0.05, 0.1) is 4.90 Å². The minimum atomic E-state index is -3.70. The van der Waals surface area contributed by atoms with Crippen LogP contribution in [0.4, 0.5) is 14.9 Å². The molecule has 1 heterocycles. The normalized spacial score (nSPS) is 16.5. The Morgan fingerprint density at radius 2 is 1.91 bits per heavy atom. The van der Waals surface area contributed by atoms with Crippen molar-refractivity contribution in [2.24, 2.45) is 5.92 Å². The number of amides is 3. The lowest BCUT2D eigenvalue weighted by atomic mass is 9.97. The maximum absolute atomic E-state index is 13.3. The molecule has 1 fully saturated rings. The third-order valence-electron chi connectivity index (χ3n) is 5.93. The molecule has 0 bridgehead atoms. The highest BCUT2D eigenvalue weighted by Gasteiger charge is 2.27. The van der Waals surface area contributed by atoms with E-state index >= 15 is 0 Å². The number of carbonyl (C=O) groups excluding carboxylic acids is 2. The molecule has 1 atom stereocenters. The maximum atomic E-state index is 13.3. The van der Waals surface area contributed by atoms with E-state index in [9.17, 15) is 22.4 Å². The van der Waals surface area contributed by atoms with Crippen LogP contribution >= 0.6 is 0 Å². The van der Waals surface area contributed by atoms with Crippen LogP contribution in [-0.4, -0.2) is 62.3 Å². The molecule has 8 nitrogen and oxygen atoms in total. The molecule has 2 aromatic carbocycles. The molecule has 1 unspecified atom stereocenters. The van der Waals surface area contributed by atoms with E-state index in [0.29, 0.717) is 30.9 Å². The molecule has 0 saturated carbocycles. The summed E-state index contributed by atoms with van der Waals surface area (Å²) < 4.78 is 40.2. The Hall–Kier alpha value is -2.98. The largest absolute Gasteiger partial charge is 0.338 e. The van der Waals surface area contributed by atoms with Crippen LogP contribution in [0, 0.1) is 11.7 Å². The number of sulfonamides is 1. The number of rotatable bonds is 7. The first-order chi connectivity index (χ1) is 16.1. The van der Waals surface area contributed by atoms with Crippen molar-refractivity contribution < 1.29 is 22.4 Å². The molecule has 2 N–H and O–H groups in total. The molecule has 34 heavy (non-hydrogen) atoms. The van der Waals surface area contributed by atoms with Gasteiger partial charge in [0, 0.05) is 44.0 Å². The zero-order valence-corrected chi connectivity index (χ0v) is 20.4. The van der Waals surface area contributed by atoms with Gasteiger partial charge in [-0.2, -0.15) is 4.31 Å². The molecular weight excluding hydrogens is 459 g/mol. The number of nitrogens with zero attached hydrogens (tertiary/aromatic N) is 2. The van der Waals surface area contributed by atoms with E-state index in [1.165, 1.54) is 41.7 Å². The average Bonchev–Trinajstić information content (AvgIpc) is 2.82. The summed E-state index contributed by atoms with van der Waals surface area (Å²) in [6.07, 6.45) is 1.62. The number of likely N-dealkylation sites (tertiary alicyclic amines) is 1. The van der Waals surface area contributed by atoms with E-state index in [1.54, 1.807) is 36.9 Å². The molecule has 2 aromatic rings. The molecular formula is C24H31FN4O4S. The van der Waals surface area contributed by atoms with E-state index in [2.05, 4.69) is 10.6 Å². The van der Waals surface area contributed by atoms with Gasteiger partial charge in [0.1, 0.15) is 5.82 Å². The summed E-state index contributed by atoms with van der Waals surface area (Å²) in [6.45, 7) is 4.94. The zero-order valence-electron chi connectivity index (χ0n) is 19.6. The van der Waals surface area contributed by atoms with Crippen LogP contribution in [0.2, 0.25) is 0 Å². The van der Waals surface area contributed by atoms with Crippen molar-refractivity contribution in [1.82, 2.24) is 14.5 Å². The van der Waals surface area contributed by atoms with Crippen molar-refractivity contribution in [2.45, 2.75) is 37.6 Å². The summed E-state index contributed by atoms with van der Waals surface area (Å²) in [5.41, 5.74) is 0.673. The SMILES string of the molecule is CC(C)N(C)S(=O)(=O)c1cccc(C(=O)N2CCCC(CNC(=O)Nc3cccc(F)c3)C2)c1. The minimum Gasteiger partial charge on any atom is -0.338 e. The molecule has 1 aliphatic heterocycles. The third kappa shape index (κ3) is 6.32. The third-order valence-corrected chi connectivity index (χ3v) is 7.95. The predicted molar refractivity (Wildman–Crippen MR) is 129 cm³/mol. The van der Waals surface area contributed by atoms with Gasteiger partial charge in [-0.25, -0.2) is 17.6 Å². The van der Waals surface area contributed by atoms with Crippen LogP contribution in [0.5, 0.6) is 0 Å². The first-order valence-corrected chi connectivity index (χ1v) is 12.7. The van der Waals surface area contributed by atoms with Gasteiger partial charge < -0.3 is 15.5 Å². The van der Waals surface area contributed by atoms with Crippen molar-refractivity contribution >= 4 is 27.6 Å². The first-order valence-electron chi connectivity index (χ1n) is 11.3. The van der Waals surface area contributed by atoms with Crippen molar-refractivity contribution in [1.29, 1.82) is 0 Å². The summed E-state index contributed by atoms with van der Waals surface area (Å²) in [5, 5.41) is 5.36. The average molecular weight is 491 g/mol. The molecule has 3 rings (SSSR count). The molecule has 1 aliphatic rings. The standard InChI is InChI=1S/C24H31FN4O4S/c1-17(2)28(3)34(32,33)22-11-4-8-19(13-22)23(30)29-12-6-7-18(16-29)15-26-24(31)27-21-10-5-9-20(25)14-21/h4-5,8-11,13-14,17-18H,6-7,12,15-16H2,1-3H3,(H2,26,27,31). The lowest BCUT2D eigenvalue weighted by molar-refractivity contribution is 0.0675. The number of anilines is 1. The van der Waals surface area contributed by atoms with Crippen LogP contribution in [0.1, 0.15) is 37.0 Å². The lowest BCUT2D eigenvalue weighted by Crippen LogP contribution is -2.44. The minimum absolute atomic E-state index is 0.0509. The number of benzene rings is 2. The Labute approximate surface area is 200 Å². The number of nitrogens with one attached hydrogen (secondary N) is 2. The Morgan fingerprint density at radius 1 is 1.18 bits per heavy atom. The number of piperidine rings is 1. The Morgan fingerprint density at radius 3 is 2.62 bits per heavy atom. The summed E-state index contributed by atoms with van der Waals surface area (Å²) in [6, 6.07) is 11.1. The van der Waals surface area contributed by atoms with E-state index in [-0.39, 0.29) is 22.8 Å². The van der Waals surface area contributed by atoms with E-state index in [4.69, 9.17) is 0 Å². The van der Waals surface area contributed by atoms with Crippen LogP contribution < -0.4 is 10.6 Å². The quantitative estimate of drug-likeness (QED) is 0.620. The van der Waals surface area contributed by atoms with Crippen LogP contribution in [-0.2, 0) is 10.0 Å². The second-order valence-electron chi connectivity index (χ2n) is 8.75. The highest BCUT2D eigenvalue weighted by molar-refractivity contribution is 7.89. The Bertz CT molecular complexity index is 1140. The molecule has 184 valence electrons. The molecule has 0 aliphatic carbocycles. The second-order valence-corrected chi connectivity index (χ2v) is 10.7. The lowest BCUT2D eigenvalue weighted by Gasteiger charge is -2.33. The van der Waals surface area contributed by atoms with Crippen LogP contribution in [0.3, 0.4) is 0 Å². The van der Waals surface area contributed by atoms with Crippen molar-refractivity contribution in [3.8, 4) is 0 Å². The summed E-state index contributed by atoms with van der Waals surface area (Å²) >= 11 is 0. The highest BCUT2D eigenvalue weighted by atomic mass is 32.2. The molecule has 3 amide bonds. The van der Waals surface area contributed by atoms with Gasteiger partial charge in [-0.05, 0) is 69.0 Å². The molecule has 0 aromatic heterocycles. The Balaban J connectivity index is 1.60. The summed E-state index contributed by atoms with van der Waals surface area (Å²) in [5.74, 6) is -0.625. The highest BCUT2D eigenvalue weighted by Crippen LogP contribution is 2.22. The van der Waals surface area contributed by atoms with Gasteiger partial charge >= 0.3 is 6.03 Å². The molecule has 0 spiro atoms. The zero-order chi connectivity index (χ0) is 24.9. The number of hydrogen-bond acceptors (Lipinski definition) is 4. The van der Waals surface area contributed by atoms with Crippen LogP contribution in [0.15, 0.2) is 53.4 Å². The number of carbonyl (C=O) groups is 2. The van der Waals surface area contributed by atoms with Crippen molar-refractivity contribution in [3.05, 3.63) is 59.9 Å². The van der Waals surface area contributed by atoms with Gasteiger partial charge in [-0.15, -0.1) is 0 Å². The number of urea groups is 1.